The molecule has 0 bridgehead atoms. The molecule has 3 heteroatoms. The summed E-state index contributed by atoms with van der Waals surface area (Å²) in [6, 6.07) is 0. The summed E-state index contributed by atoms with van der Waals surface area (Å²) in [5.74, 6) is 0.869. The van der Waals surface area contributed by atoms with Crippen molar-refractivity contribution in [1.82, 2.24) is 0 Å². The second-order valence-electron chi connectivity index (χ2n) is 3.14. The van der Waals surface area contributed by atoms with Crippen molar-refractivity contribution < 1.29 is 4.79 Å². The average molecular weight is 206 g/mol. The molecule has 0 aliphatic rings. The van der Waals surface area contributed by atoms with Crippen LogP contribution < -0.4 is 0 Å². The van der Waals surface area contributed by atoms with E-state index in [-0.39, 0.29) is 5.25 Å². The molecule has 12 heavy (non-hydrogen) atoms. The average Bonchev–Trinajstić information content (AvgIpc) is 1.99. The third-order valence-electron chi connectivity index (χ3n) is 1.62. The van der Waals surface area contributed by atoms with Crippen molar-refractivity contribution in [3.05, 3.63) is 0 Å². The Bertz CT molecular complexity index is 134. The Hall–Kier alpha value is 0.370. The zero-order valence-electron chi connectivity index (χ0n) is 8.29. The minimum Gasteiger partial charge on any atom is -0.298 e. The summed E-state index contributed by atoms with van der Waals surface area (Å²) in [5.41, 5.74) is 0. The van der Waals surface area contributed by atoms with Crippen molar-refractivity contribution in [3.8, 4) is 0 Å². The first-order chi connectivity index (χ1) is 5.63. The van der Waals surface area contributed by atoms with Crippen LogP contribution in [-0.4, -0.2) is 17.3 Å². The van der Waals surface area contributed by atoms with Crippen molar-refractivity contribution in [2.24, 2.45) is 5.92 Å². The molecule has 0 aromatic heterocycles. The number of rotatable bonds is 6. The normalized spacial score (nSPS) is 13.4. The molecule has 72 valence electrons. The first-order valence-corrected chi connectivity index (χ1v) is 6.97. The molecule has 1 unspecified atom stereocenters. The summed E-state index contributed by atoms with van der Waals surface area (Å²) in [6.07, 6.45) is 3.73. The maximum Gasteiger partial charge on any atom is 0.146 e. The van der Waals surface area contributed by atoms with Gasteiger partial charge in [0.2, 0.25) is 0 Å². The van der Waals surface area contributed by atoms with Gasteiger partial charge < -0.3 is 0 Å². The highest BCUT2D eigenvalue weighted by atomic mass is 33.1. The topological polar surface area (TPSA) is 17.1 Å². The van der Waals surface area contributed by atoms with Crippen LogP contribution in [0.2, 0.25) is 0 Å². The van der Waals surface area contributed by atoms with E-state index in [9.17, 15) is 4.79 Å². The smallest absolute Gasteiger partial charge is 0.146 e. The minimum absolute atomic E-state index is 0.194. The van der Waals surface area contributed by atoms with Crippen molar-refractivity contribution >= 4 is 27.4 Å². The molecule has 0 spiro atoms. The van der Waals surface area contributed by atoms with Gasteiger partial charge in [0, 0.05) is 6.42 Å². The Morgan fingerprint density at radius 1 is 1.42 bits per heavy atom. The molecule has 0 saturated heterocycles. The van der Waals surface area contributed by atoms with Gasteiger partial charge in [-0.1, -0.05) is 42.4 Å². The van der Waals surface area contributed by atoms with Gasteiger partial charge in [-0.3, -0.25) is 4.79 Å². The predicted octanol–water partition coefficient (Wildman–Crippen LogP) is 3.39. The van der Waals surface area contributed by atoms with E-state index in [4.69, 9.17) is 0 Å². The first kappa shape index (κ1) is 12.4. The van der Waals surface area contributed by atoms with Crippen molar-refractivity contribution in [1.29, 1.82) is 0 Å². The zero-order chi connectivity index (χ0) is 9.56. The molecule has 1 nitrogen and oxygen atoms in total. The van der Waals surface area contributed by atoms with Crippen molar-refractivity contribution in [2.75, 3.05) is 6.26 Å². The fraction of sp³-hybridized carbons (Fsp3) is 0.889. The monoisotopic (exact) mass is 206 g/mol. The van der Waals surface area contributed by atoms with Crippen LogP contribution in [0, 0.1) is 5.92 Å². The standard InChI is InChI=1S/C9H18OS2/c1-5-6-8(10)9(7(2)3)12-11-4/h7,9H,5-6H2,1-4H3. The second-order valence-corrected chi connectivity index (χ2v) is 5.75. The van der Waals surface area contributed by atoms with Gasteiger partial charge in [-0.15, -0.1) is 0 Å². The van der Waals surface area contributed by atoms with Crippen LogP contribution in [0.4, 0.5) is 0 Å². The molecule has 0 aromatic rings. The largest absolute Gasteiger partial charge is 0.298 e. The van der Waals surface area contributed by atoms with Gasteiger partial charge in [0.15, 0.2) is 0 Å². The van der Waals surface area contributed by atoms with Crippen LogP contribution >= 0.6 is 21.6 Å². The summed E-state index contributed by atoms with van der Waals surface area (Å²) in [6.45, 7) is 6.28. The number of hydrogen-bond acceptors (Lipinski definition) is 3. The maximum atomic E-state index is 11.5. The lowest BCUT2D eigenvalue weighted by atomic mass is 10.0. The second kappa shape index (κ2) is 6.84. The van der Waals surface area contributed by atoms with E-state index in [2.05, 4.69) is 20.8 Å². The Kier molecular flexibility index (Phi) is 7.05. The van der Waals surface area contributed by atoms with E-state index < -0.39 is 0 Å². The number of ketones is 1. The number of Topliss-reactive ketones (excluding diaryl/α,β-unsaturated/α-hetero) is 1. The summed E-state index contributed by atoms with van der Waals surface area (Å²) < 4.78 is 0. The van der Waals surface area contributed by atoms with Gasteiger partial charge in [0.25, 0.3) is 0 Å². The Morgan fingerprint density at radius 3 is 2.33 bits per heavy atom. The lowest BCUT2D eigenvalue weighted by Crippen LogP contribution is -2.21. The van der Waals surface area contributed by atoms with Crippen LogP contribution in [0.3, 0.4) is 0 Å². The van der Waals surface area contributed by atoms with Gasteiger partial charge in [-0.25, -0.2) is 0 Å². The molecule has 0 saturated carbocycles. The van der Waals surface area contributed by atoms with Crippen LogP contribution in [0.15, 0.2) is 0 Å². The fourth-order valence-electron chi connectivity index (χ4n) is 1.03. The third kappa shape index (κ3) is 4.41. The summed E-state index contributed by atoms with van der Waals surface area (Å²) in [7, 11) is 3.39. The van der Waals surface area contributed by atoms with Gasteiger partial charge in [-0.2, -0.15) is 0 Å². The fourth-order valence-corrected chi connectivity index (χ4v) is 3.29. The van der Waals surface area contributed by atoms with Crippen molar-refractivity contribution in [3.63, 3.8) is 0 Å². The van der Waals surface area contributed by atoms with Crippen LogP contribution in [-0.2, 0) is 4.79 Å². The van der Waals surface area contributed by atoms with E-state index >= 15 is 0 Å². The van der Waals surface area contributed by atoms with Crippen LogP contribution in [0.1, 0.15) is 33.6 Å². The Balaban J connectivity index is 4.00. The molecule has 0 radical (unpaired) electrons. The molecule has 0 heterocycles. The van der Waals surface area contributed by atoms with E-state index in [1.54, 1.807) is 21.6 Å². The molecule has 1 atom stereocenters. The highest BCUT2D eigenvalue weighted by Crippen LogP contribution is 2.30. The van der Waals surface area contributed by atoms with E-state index in [1.165, 1.54) is 0 Å². The molecule has 0 aliphatic heterocycles. The Labute approximate surface area is 83.5 Å². The highest BCUT2D eigenvalue weighted by Gasteiger charge is 2.21. The van der Waals surface area contributed by atoms with E-state index in [1.807, 2.05) is 6.26 Å². The van der Waals surface area contributed by atoms with Gasteiger partial charge >= 0.3 is 0 Å². The zero-order valence-corrected chi connectivity index (χ0v) is 9.93. The predicted molar refractivity (Wildman–Crippen MR) is 59.6 cm³/mol. The third-order valence-corrected chi connectivity index (χ3v) is 4.03. The van der Waals surface area contributed by atoms with E-state index in [0.29, 0.717) is 11.7 Å². The SMILES string of the molecule is CCCC(=O)C(SSC)C(C)C. The molecular weight excluding hydrogens is 188 g/mol. The molecule has 0 N–H and O–H groups in total. The van der Waals surface area contributed by atoms with Crippen LogP contribution in [0.5, 0.6) is 0 Å². The molecule has 0 rings (SSSR count). The summed E-state index contributed by atoms with van der Waals surface area (Å²) in [5, 5.41) is 0.194. The first-order valence-electron chi connectivity index (χ1n) is 4.35. The maximum absolute atomic E-state index is 11.5. The van der Waals surface area contributed by atoms with Gasteiger partial charge in [0.1, 0.15) is 5.78 Å². The lowest BCUT2D eigenvalue weighted by molar-refractivity contribution is -0.119. The summed E-state index contributed by atoms with van der Waals surface area (Å²) in [4.78, 5) is 11.5. The van der Waals surface area contributed by atoms with E-state index in [0.717, 1.165) is 12.8 Å². The van der Waals surface area contributed by atoms with Gasteiger partial charge in [-0.05, 0) is 18.6 Å². The molecular formula is C9H18OS2. The number of hydrogen-bond donors (Lipinski definition) is 0. The molecule has 0 aromatic carbocycles. The lowest BCUT2D eigenvalue weighted by Gasteiger charge is -2.16. The molecule has 0 amide bonds. The van der Waals surface area contributed by atoms with Crippen LogP contribution in [0.25, 0.3) is 0 Å². The molecule has 0 fully saturated rings. The quantitative estimate of drug-likeness (QED) is 0.620. The number of carbonyl (C=O) groups excluding carboxylic acids is 1. The Morgan fingerprint density at radius 2 is 2.00 bits per heavy atom. The summed E-state index contributed by atoms with van der Waals surface area (Å²) >= 11 is 0. The van der Waals surface area contributed by atoms with Gasteiger partial charge in [0.05, 0.1) is 5.25 Å². The highest BCUT2D eigenvalue weighted by molar-refractivity contribution is 8.76. The number of carbonyl (C=O) groups is 1. The minimum atomic E-state index is 0.194. The van der Waals surface area contributed by atoms with Crippen molar-refractivity contribution in [2.45, 2.75) is 38.9 Å². The molecule has 0 aliphatic carbocycles.